The molecule has 0 aliphatic heterocycles. The van der Waals surface area contributed by atoms with Crippen LogP contribution in [0.1, 0.15) is 32.5 Å². The number of rotatable bonds is 9. The van der Waals surface area contributed by atoms with Gasteiger partial charge >= 0.3 is 0 Å². The summed E-state index contributed by atoms with van der Waals surface area (Å²) in [6.07, 6.45) is 3.18. The highest BCUT2D eigenvalue weighted by Crippen LogP contribution is 2.05. The molecule has 0 aromatic carbocycles. The summed E-state index contributed by atoms with van der Waals surface area (Å²) in [6.45, 7) is 5.60. The smallest absolute Gasteiger partial charge is 0.157 e. The fourth-order valence-electron chi connectivity index (χ4n) is 1.82. The summed E-state index contributed by atoms with van der Waals surface area (Å²) in [6, 6.07) is -0.445. The summed E-state index contributed by atoms with van der Waals surface area (Å²) in [5.41, 5.74) is 5.86. The van der Waals surface area contributed by atoms with E-state index in [1.54, 1.807) is 11.8 Å². The van der Waals surface area contributed by atoms with E-state index in [1.807, 2.05) is 0 Å². The third-order valence-electron chi connectivity index (χ3n) is 2.84. The lowest BCUT2D eigenvalue weighted by Crippen LogP contribution is -2.33. The molecule has 0 saturated heterocycles. The quantitative estimate of drug-likeness (QED) is 0.670. The first-order valence-electron chi connectivity index (χ1n) is 6.68. The van der Waals surface area contributed by atoms with E-state index in [1.165, 1.54) is 6.33 Å². The van der Waals surface area contributed by atoms with Gasteiger partial charge in [0, 0.05) is 20.3 Å². The molecule has 6 heteroatoms. The van der Waals surface area contributed by atoms with Crippen molar-refractivity contribution < 1.29 is 9.53 Å². The van der Waals surface area contributed by atoms with Gasteiger partial charge in [0.2, 0.25) is 0 Å². The van der Waals surface area contributed by atoms with Gasteiger partial charge in [-0.2, -0.15) is 5.10 Å². The van der Waals surface area contributed by atoms with Crippen LogP contribution in [0.25, 0.3) is 0 Å². The Hall–Kier alpha value is -1.27. The number of aromatic nitrogens is 3. The Morgan fingerprint density at radius 2 is 2.26 bits per heavy atom. The van der Waals surface area contributed by atoms with Crippen LogP contribution in [0, 0.1) is 5.92 Å². The first kappa shape index (κ1) is 15.8. The van der Waals surface area contributed by atoms with Gasteiger partial charge in [-0.3, -0.25) is 4.79 Å². The van der Waals surface area contributed by atoms with E-state index < -0.39 is 6.04 Å². The molecule has 1 aromatic rings. The SMILES string of the molecule is COCCCC(N)C(=O)Cc1ncnn1CC(C)C. The summed E-state index contributed by atoms with van der Waals surface area (Å²) in [5, 5.41) is 4.14. The van der Waals surface area contributed by atoms with E-state index in [0.29, 0.717) is 24.8 Å². The molecule has 0 fully saturated rings. The van der Waals surface area contributed by atoms with Crippen LogP contribution in [0.3, 0.4) is 0 Å². The summed E-state index contributed by atoms with van der Waals surface area (Å²) in [7, 11) is 1.64. The molecule has 1 atom stereocenters. The van der Waals surface area contributed by atoms with E-state index in [0.717, 1.165) is 13.0 Å². The maximum atomic E-state index is 12.0. The van der Waals surface area contributed by atoms with Crippen LogP contribution in [0.15, 0.2) is 6.33 Å². The van der Waals surface area contributed by atoms with E-state index in [9.17, 15) is 4.79 Å². The normalized spacial score (nSPS) is 12.9. The third kappa shape index (κ3) is 5.48. The van der Waals surface area contributed by atoms with Crippen molar-refractivity contribution >= 4 is 5.78 Å². The molecular formula is C13H24N4O2. The molecule has 6 nitrogen and oxygen atoms in total. The molecule has 1 rings (SSSR count). The summed E-state index contributed by atoms with van der Waals surface area (Å²) >= 11 is 0. The highest BCUT2D eigenvalue weighted by atomic mass is 16.5. The van der Waals surface area contributed by atoms with E-state index >= 15 is 0 Å². The van der Waals surface area contributed by atoms with Crippen molar-refractivity contribution in [2.75, 3.05) is 13.7 Å². The van der Waals surface area contributed by atoms with Crippen molar-refractivity contribution in [2.24, 2.45) is 11.7 Å². The van der Waals surface area contributed by atoms with Gasteiger partial charge in [0.25, 0.3) is 0 Å². The number of carbonyl (C=O) groups is 1. The lowest BCUT2D eigenvalue weighted by atomic mass is 10.1. The molecule has 0 radical (unpaired) electrons. The zero-order chi connectivity index (χ0) is 14.3. The van der Waals surface area contributed by atoms with Crippen molar-refractivity contribution in [1.82, 2.24) is 14.8 Å². The van der Waals surface area contributed by atoms with Gasteiger partial charge in [-0.15, -0.1) is 0 Å². The number of ketones is 1. The molecule has 0 spiro atoms. The number of ether oxygens (including phenoxy) is 1. The van der Waals surface area contributed by atoms with Crippen LogP contribution in [-0.4, -0.2) is 40.3 Å². The number of nitrogens with zero attached hydrogens (tertiary/aromatic N) is 3. The van der Waals surface area contributed by atoms with E-state index in [4.69, 9.17) is 10.5 Å². The molecule has 19 heavy (non-hydrogen) atoms. The van der Waals surface area contributed by atoms with Crippen LogP contribution in [0.4, 0.5) is 0 Å². The lowest BCUT2D eigenvalue weighted by molar-refractivity contribution is -0.120. The fourth-order valence-corrected chi connectivity index (χ4v) is 1.82. The van der Waals surface area contributed by atoms with Gasteiger partial charge < -0.3 is 10.5 Å². The van der Waals surface area contributed by atoms with Crippen LogP contribution in [0.2, 0.25) is 0 Å². The Bertz CT molecular complexity index is 390. The molecule has 0 bridgehead atoms. The van der Waals surface area contributed by atoms with Gasteiger partial charge in [-0.25, -0.2) is 9.67 Å². The highest BCUT2D eigenvalue weighted by molar-refractivity contribution is 5.85. The largest absolute Gasteiger partial charge is 0.385 e. The Labute approximate surface area is 114 Å². The minimum absolute atomic E-state index is 0.00843. The number of Topliss-reactive ketones (excluding diaryl/α,β-unsaturated/α-hetero) is 1. The average Bonchev–Trinajstić information content (AvgIpc) is 2.76. The number of carbonyl (C=O) groups excluding carboxylic acids is 1. The number of hydrogen-bond donors (Lipinski definition) is 1. The Balaban J connectivity index is 2.49. The first-order chi connectivity index (χ1) is 9.04. The van der Waals surface area contributed by atoms with Crippen molar-refractivity contribution in [2.45, 2.75) is 45.7 Å². The molecule has 0 saturated carbocycles. The number of nitrogens with two attached hydrogens (primary N) is 1. The van der Waals surface area contributed by atoms with Crippen molar-refractivity contribution in [3.05, 3.63) is 12.2 Å². The molecule has 108 valence electrons. The second-order valence-electron chi connectivity index (χ2n) is 5.14. The molecule has 1 aromatic heterocycles. The monoisotopic (exact) mass is 268 g/mol. The van der Waals surface area contributed by atoms with Crippen LogP contribution >= 0.6 is 0 Å². The minimum Gasteiger partial charge on any atom is -0.385 e. The Morgan fingerprint density at radius 3 is 2.89 bits per heavy atom. The second-order valence-corrected chi connectivity index (χ2v) is 5.14. The summed E-state index contributed by atoms with van der Waals surface area (Å²) < 4.78 is 6.73. The van der Waals surface area contributed by atoms with Gasteiger partial charge in [0.1, 0.15) is 12.2 Å². The predicted octanol–water partition coefficient (Wildman–Crippen LogP) is 0.800. The predicted molar refractivity (Wildman–Crippen MR) is 72.7 cm³/mol. The summed E-state index contributed by atoms with van der Waals surface area (Å²) in [4.78, 5) is 16.1. The molecular weight excluding hydrogens is 244 g/mol. The lowest BCUT2D eigenvalue weighted by Gasteiger charge is -2.11. The summed E-state index contributed by atoms with van der Waals surface area (Å²) in [5.74, 6) is 1.17. The Morgan fingerprint density at radius 1 is 1.53 bits per heavy atom. The number of hydrogen-bond acceptors (Lipinski definition) is 5. The van der Waals surface area contributed by atoms with Gasteiger partial charge in [-0.05, 0) is 18.8 Å². The van der Waals surface area contributed by atoms with Gasteiger partial charge in [0.05, 0.1) is 12.5 Å². The van der Waals surface area contributed by atoms with Crippen molar-refractivity contribution in [3.63, 3.8) is 0 Å². The maximum Gasteiger partial charge on any atom is 0.157 e. The Kier molecular flexibility index (Phi) is 6.66. The average molecular weight is 268 g/mol. The highest BCUT2D eigenvalue weighted by Gasteiger charge is 2.17. The maximum absolute atomic E-state index is 12.0. The first-order valence-corrected chi connectivity index (χ1v) is 6.68. The van der Waals surface area contributed by atoms with Gasteiger partial charge in [-0.1, -0.05) is 13.8 Å². The zero-order valence-electron chi connectivity index (χ0n) is 12.0. The molecule has 2 N–H and O–H groups in total. The van der Waals surface area contributed by atoms with E-state index in [2.05, 4.69) is 23.9 Å². The molecule has 0 amide bonds. The third-order valence-corrected chi connectivity index (χ3v) is 2.84. The number of methoxy groups -OCH3 is 1. The minimum atomic E-state index is -0.445. The standard InChI is InChI=1S/C13H24N4O2/c1-10(2)8-17-13(15-9-16-17)7-12(18)11(14)5-4-6-19-3/h9-11H,4-8,14H2,1-3H3. The van der Waals surface area contributed by atoms with Gasteiger partial charge in [0.15, 0.2) is 5.78 Å². The topological polar surface area (TPSA) is 83.0 Å². The van der Waals surface area contributed by atoms with Crippen LogP contribution < -0.4 is 5.73 Å². The molecule has 1 unspecified atom stereocenters. The van der Waals surface area contributed by atoms with Crippen LogP contribution in [-0.2, 0) is 22.5 Å². The molecule has 0 aliphatic rings. The fraction of sp³-hybridized carbons (Fsp3) is 0.769. The molecule has 1 heterocycles. The van der Waals surface area contributed by atoms with E-state index in [-0.39, 0.29) is 12.2 Å². The van der Waals surface area contributed by atoms with Crippen LogP contribution in [0.5, 0.6) is 0 Å². The zero-order valence-corrected chi connectivity index (χ0v) is 12.0. The van der Waals surface area contributed by atoms with Crippen molar-refractivity contribution in [1.29, 1.82) is 0 Å². The second kappa shape index (κ2) is 8.01. The molecule has 0 aliphatic carbocycles. The van der Waals surface area contributed by atoms with Crippen molar-refractivity contribution in [3.8, 4) is 0 Å².